The zero-order valence-corrected chi connectivity index (χ0v) is 27.7. The van der Waals surface area contributed by atoms with E-state index in [1.807, 2.05) is 83.1 Å². The second-order valence-corrected chi connectivity index (χ2v) is 7.48. The molecule has 1 nitrogen and oxygen atoms in total. The standard InChI is InChI=1S/C7H14.C7H16.C6H13N.6C2H6/c1-7-5-3-2-4-6-7;1-4-6-7(3)5-2;1-6-2-4-7-5-3-6;6*1-2/h7H,2-6H2,1H3;7H,4-6H2,1-3H3;6-7H,2-5H2,1H3;6*1-2H3. The van der Waals surface area contributed by atoms with Crippen LogP contribution in [0.3, 0.4) is 0 Å². The Morgan fingerprint density at radius 1 is 0.576 bits per heavy atom. The van der Waals surface area contributed by atoms with E-state index in [-0.39, 0.29) is 0 Å². The van der Waals surface area contributed by atoms with E-state index in [1.165, 1.54) is 77.3 Å². The van der Waals surface area contributed by atoms with Gasteiger partial charge in [0.25, 0.3) is 0 Å². The van der Waals surface area contributed by atoms with Crippen molar-refractivity contribution < 1.29 is 0 Å². The molecule has 2 fully saturated rings. The smallest absolute Gasteiger partial charge is 0.00464 e. The van der Waals surface area contributed by atoms with Crippen molar-refractivity contribution in [2.45, 2.75) is 182 Å². The van der Waals surface area contributed by atoms with Crippen LogP contribution in [0.2, 0.25) is 0 Å². The Labute approximate surface area is 218 Å². The van der Waals surface area contributed by atoms with Gasteiger partial charge in [-0.25, -0.2) is 0 Å². The van der Waals surface area contributed by atoms with Crippen LogP contribution >= 0.6 is 0 Å². The Hall–Kier alpha value is -0.0400. The summed E-state index contributed by atoms with van der Waals surface area (Å²) in [6, 6.07) is 0. The largest absolute Gasteiger partial charge is 0.317 e. The van der Waals surface area contributed by atoms with Gasteiger partial charge < -0.3 is 5.32 Å². The predicted molar refractivity (Wildman–Crippen MR) is 166 cm³/mol. The molecule has 0 aromatic heterocycles. The van der Waals surface area contributed by atoms with Crippen LogP contribution in [-0.2, 0) is 0 Å². The molecule has 0 amide bonds. The summed E-state index contributed by atoms with van der Waals surface area (Å²) < 4.78 is 0. The minimum Gasteiger partial charge on any atom is -0.317 e. The average molecular weight is 478 g/mol. The highest BCUT2D eigenvalue weighted by atomic mass is 14.9. The maximum Gasteiger partial charge on any atom is -0.00464 e. The van der Waals surface area contributed by atoms with E-state index in [4.69, 9.17) is 0 Å². The Morgan fingerprint density at radius 2 is 0.909 bits per heavy atom. The second-order valence-electron chi connectivity index (χ2n) is 7.48. The van der Waals surface area contributed by atoms with Gasteiger partial charge in [-0.2, -0.15) is 0 Å². The maximum atomic E-state index is 3.32. The first kappa shape index (κ1) is 50.0. The van der Waals surface area contributed by atoms with Crippen molar-refractivity contribution >= 4 is 0 Å². The average Bonchev–Trinajstić information content (AvgIpc) is 2.93. The molecule has 1 saturated heterocycles. The van der Waals surface area contributed by atoms with E-state index in [0.29, 0.717) is 0 Å². The van der Waals surface area contributed by atoms with E-state index >= 15 is 0 Å². The second kappa shape index (κ2) is 63.5. The molecular weight excluding hydrogens is 398 g/mol. The summed E-state index contributed by atoms with van der Waals surface area (Å²) in [4.78, 5) is 0. The van der Waals surface area contributed by atoms with Gasteiger partial charge in [-0.15, -0.1) is 0 Å². The molecule has 0 spiro atoms. The number of hydrogen-bond acceptors (Lipinski definition) is 1. The molecule has 1 heteroatoms. The molecule has 1 aliphatic heterocycles. The van der Waals surface area contributed by atoms with E-state index in [2.05, 4.69) is 39.9 Å². The van der Waals surface area contributed by atoms with Crippen molar-refractivity contribution in [3.05, 3.63) is 0 Å². The van der Waals surface area contributed by atoms with Gasteiger partial charge >= 0.3 is 0 Å². The monoisotopic (exact) mass is 478 g/mol. The minimum atomic E-state index is 0.949. The number of rotatable bonds is 3. The van der Waals surface area contributed by atoms with Crippen LogP contribution in [0.4, 0.5) is 0 Å². The Balaban J connectivity index is -0.0000000501. The lowest BCUT2D eigenvalue weighted by Crippen LogP contribution is -2.26. The molecule has 2 rings (SSSR count). The highest BCUT2D eigenvalue weighted by Crippen LogP contribution is 2.22. The quantitative estimate of drug-likeness (QED) is 0.426. The molecule has 0 aromatic carbocycles. The fourth-order valence-electron chi connectivity index (χ4n) is 2.97. The summed E-state index contributed by atoms with van der Waals surface area (Å²) >= 11 is 0. The number of piperidine rings is 1. The number of hydrogen-bond donors (Lipinski definition) is 1. The van der Waals surface area contributed by atoms with Gasteiger partial charge in [0.1, 0.15) is 0 Å². The third kappa shape index (κ3) is 65.3. The van der Waals surface area contributed by atoms with E-state index in [9.17, 15) is 0 Å². The molecule has 0 radical (unpaired) electrons. The molecule has 1 unspecified atom stereocenters. The highest BCUT2D eigenvalue weighted by molar-refractivity contribution is 4.63. The van der Waals surface area contributed by atoms with Gasteiger partial charge in [-0.05, 0) is 43.7 Å². The van der Waals surface area contributed by atoms with Crippen molar-refractivity contribution in [3.63, 3.8) is 0 Å². The summed E-state index contributed by atoms with van der Waals surface area (Å²) in [7, 11) is 0. The van der Waals surface area contributed by atoms with Crippen LogP contribution in [0.15, 0.2) is 0 Å². The highest BCUT2D eigenvalue weighted by Gasteiger charge is 2.06. The molecule has 0 aromatic rings. The fourth-order valence-corrected chi connectivity index (χ4v) is 2.97. The van der Waals surface area contributed by atoms with Gasteiger partial charge in [0.05, 0.1) is 0 Å². The lowest BCUT2D eigenvalue weighted by Gasteiger charge is -2.17. The maximum absolute atomic E-state index is 3.32. The fraction of sp³-hybridized carbons (Fsp3) is 1.00. The van der Waals surface area contributed by atoms with Crippen molar-refractivity contribution in [2.24, 2.45) is 17.8 Å². The molecule has 1 aliphatic carbocycles. The Kier molecular flexibility index (Phi) is 96.2. The summed E-state index contributed by atoms with van der Waals surface area (Å²) in [5.74, 6) is 2.96. The summed E-state index contributed by atoms with van der Waals surface area (Å²) in [5.41, 5.74) is 0. The van der Waals surface area contributed by atoms with E-state index in [0.717, 1.165) is 17.8 Å². The SMILES string of the molecule is CC.CC.CC.CC.CC.CC.CC1CCCCC1.CC1CCNCC1.CCCC(C)CC. The Morgan fingerprint density at radius 3 is 1.06 bits per heavy atom. The lowest BCUT2D eigenvalue weighted by molar-refractivity contribution is 0.385. The first-order chi connectivity index (χ1) is 16.1. The van der Waals surface area contributed by atoms with E-state index < -0.39 is 0 Å². The predicted octanol–water partition coefficient (Wildman–Crippen LogP) is 12.6. The topological polar surface area (TPSA) is 12.0 Å². The lowest BCUT2D eigenvalue weighted by atomic mass is 9.91. The normalized spacial score (nSPS) is 14.8. The van der Waals surface area contributed by atoms with Crippen molar-refractivity contribution in [3.8, 4) is 0 Å². The zero-order chi connectivity index (χ0) is 27.9. The number of nitrogens with one attached hydrogen (secondary N) is 1. The minimum absolute atomic E-state index is 0.949. The summed E-state index contributed by atoms with van der Waals surface area (Å²) in [6.07, 6.45) is 14.3. The van der Waals surface area contributed by atoms with Gasteiger partial charge in [0.15, 0.2) is 0 Å². The molecule has 1 atom stereocenters. The Bertz CT molecular complexity index is 171. The van der Waals surface area contributed by atoms with Crippen molar-refractivity contribution in [1.82, 2.24) is 5.32 Å². The van der Waals surface area contributed by atoms with Gasteiger partial charge in [0.2, 0.25) is 0 Å². The van der Waals surface area contributed by atoms with Gasteiger partial charge in [0, 0.05) is 0 Å². The van der Waals surface area contributed by atoms with Crippen LogP contribution in [0.1, 0.15) is 182 Å². The molecule has 1 saturated carbocycles. The molecular formula is C32H79N. The molecule has 212 valence electrons. The zero-order valence-electron chi connectivity index (χ0n) is 27.7. The first-order valence-corrected chi connectivity index (χ1v) is 15.8. The van der Waals surface area contributed by atoms with Crippen LogP contribution in [-0.4, -0.2) is 13.1 Å². The summed E-state index contributed by atoms with van der Waals surface area (Å²) in [5, 5.41) is 3.32. The van der Waals surface area contributed by atoms with Crippen LogP contribution in [0.25, 0.3) is 0 Å². The van der Waals surface area contributed by atoms with Gasteiger partial charge in [-0.1, -0.05) is 169 Å². The van der Waals surface area contributed by atoms with Crippen molar-refractivity contribution in [2.75, 3.05) is 13.1 Å². The molecule has 1 N–H and O–H groups in total. The molecule has 2 aliphatic rings. The third-order valence-corrected chi connectivity index (χ3v) is 5.00. The first-order valence-electron chi connectivity index (χ1n) is 15.8. The molecule has 33 heavy (non-hydrogen) atoms. The van der Waals surface area contributed by atoms with Gasteiger partial charge in [-0.3, -0.25) is 0 Å². The molecule has 1 heterocycles. The third-order valence-electron chi connectivity index (χ3n) is 5.00. The van der Waals surface area contributed by atoms with Crippen LogP contribution < -0.4 is 5.32 Å². The summed E-state index contributed by atoms with van der Waals surface area (Å²) in [6.45, 7) is 38.0. The van der Waals surface area contributed by atoms with E-state index in [1.54, 1.807) is 0 Å². The van der Waals surface area contributed by atoms with Crippen molar-refractivity contribution in [1.29, 1.82) is 0 Å². The van der Waals surface area contributed by atoms with Crippen LogP contribution in [0, 0.1) is 17.8 Å². The van der Waals surface area contributed by atoms with Crippen LogP contribution in [0.5, 0.6) is 0 Å². The molecule has 0 bridgehead atoms.